The van der Waals surface area contributed by atoms with Crippen molar-refractivity contribution in [3.8, 4) is 23.0 Å². The Labute approximate surface area is 284 Å². The molecule has 47 heavy (non-hydrogen) atoms. The van der Waals surface area contributed by atoms with Gasteiger partial charge in [-0.2, -0.15) is 0 Å². The molecule has 1 fully saturated rings. The molecular weight excluding hydrogens is 646 g/mol. The van der Waals surface area contributed by atoms with E-state index in [1.54, 1.807) is 70.9 Å². The van der Waals surface area contributed by atoms with Crippen LogP contribution in [-0.4, -0.2) is 79.3 Å². The van der Waals surface area contributed by atoms with Gasteiger partial charge in [0.05, 0.1) is 69.6 Å². The predicted molar refractivity (Wildman–Crippen MR) is 181 cm³/mol. The van der Waals surface area contributed by atoms with E-state index in [1.807, 2.05) is 11.8 Å². The zero-order valence-electron chi connectivity index (χ0n) is 26.9. The Bertz CT molecular complexity index is 1610. The molecule has 1 heterocycles. The molecule has 3 amide bonds. The SMILES string of the molecule is CC[C@@H](NC(=O)N1CC(=S)N(Cc2c(OC)cc(OC)cc2OC)C[C@@H](Cc2cc(Cl)ccc2OC)C1=O)c1ccc(C(=O)O)cc1. The minimum absolute atomic E-state index is 0.132. The van der Waals surface area contributed by atoms with Gasteiger partial charge in [0, 0.05) is 23.7 Å². The van der Waals surface area contributed by atoms with Crippen LogP contribution in [0, 0.1) is 5.92 Å². The van der Waals surface area contributed by atoms with Crippen molar-refractivity contribution in [2.75, 3.05) is 41.5 Å². The second-order valence-corrected chi connectivity index (χ2v) is 11.8. The second kappa shape index (κ2) is 15.8. The van der Waals surface area contributed by atoms with E-state index in [0.29, 0.717) is 56.1 Å². The average Bonchev–Trinajstić information content (AvgIpc) is 3.19. The molecule has 1 aliphatic heterocycles. The Morgan fingerprint density at radius 2 is 1.62 bits per heavy atom. The van der Waals surface area contributed by atoms with Gasteiger partial charge in [0.15, 0.2) is 0 Å². The fourth-order valence-corrected chi connectivity index (χ4v) is 6.02. The van der Waals surface area contributed by atoms with Gasteiger partial charge in [0.1, 0.15) is 23.0 Å². The Kier molecular flexibility index (Phi) is 11.9. The first-order valence-corrected chi connectivity index (χ1v) is 15.7. The van der Waals surface area contributed by atoms with Gasteiger partial charge >= 0.3 is 12.0 Å². The van der Waals surface area contributed by atoms with Crippen LogP contribution in [0.2, 0.25) is 5.02 Å². The van der Waals surface area contributed by atoms with Crippen molar-refractivity contribution in [2.24, 2.45) is 5.92 Å². The van der Waals surface area contributed by atoms with Crippen molar-refractivity contribution in [1.82, 2.24) is 15.1 Å². The fraction of sp³-hybridized carbons (Fsp3) is 0.353. The monoisotopic (exact) mass is 683 g/mol. The Hall–Kier alpha value is -4.55. The number of carboxylic acids is 1. The number of carboxylic acid groups (broad SMARTS) is 1. The van der Waals surface area contributed by atoms with Crippen molar-refractivity contribution >= 4 is 46.7 Å². The highest BCUT2D eigenvalue weighted by Crippen LogP contribution is 2.36. The minimum Gasteiger partial charge on any atom is -0.496 e. The van der Waals surface area contributed by atoms with Gasteiger partial charge < -0.3 is 34.3 Å². The van der Waals surface area contributed by atoms with Crippen LogP contribution >= 0.6 is 23.8 Å². The maximum atomic E-state index is 14.2. The summed E-state index contributed by atoms with van der Waals surface area (Å²) in [6.07, 6.45) is 0.715. The Balaban J connectivity index is 1.69. The zero-order chi connectivity index (χ0) is 34.2. The molecule has 1 saturated heterocycles. The number of imide groups is 1. The Morgan fingerprint density at radius 3 is 2.17 bits per heavy atom. The number of methoxy groups -OCH3 is 4. The molecule has 13 heteroatoms. The Morgan fingerprint density at radius 1 is 0.979 bits per heavy atom. The zero-order valence-corrected chi connectivity index (χ0v) is 28.4. The number of carbonyl (C=O) groups excluding carboxylic acids is 2. The summed E-state index contributed by atoms with van der Waals surface area (Å²) in [6.45, 7) is 2.16. The number of hydrogen-bond donors (Lipinski definition) is 2. The molecular formula is C34H38ClN3O8S. The molecule has 250 valence electrons. The third kappa shape index (κ3) is 8.25. The molecule has 0 aliphatic carbocycles. The van der Waals surface area contributed by atoms with Gasteiger partial charge in [-0.05, 0) is 54.3 Å². The van der Waals surface area contributed by atoms with E-state index in [0.717, 1.165) is 4.90 Å². The van der Waals surface area contributed by atoms with Crippen LogP contribution in [0.25, 0.3) is 0 Å². The third-order valence-corrected chi connectivity index (χ3v) is 8.71. The van der Waals surface area contributed by atoms with E-state index in [2.05, 4.69) is 5.32 Å². The van der Waals surface area contributed by atoms with E-state index in [4.69, 9.17) is 42.8 Å². The van der Waals surface area contributed by atoms with Crippen LogP contribution in [0.3, 0.4) is 0 Å². The van der Waals surface area contributed by atoms with Crippen LogP contribution in [0.5, 0.6) is 23.0 Å². The van der Waals surface area contributed by atoms with Crippen LogP contribution in [0.1, 0.15) is 46.4 Å². The average molecular weight is 684 g/mol. The number of halogens is 1. The maximum absolute atomic E-state index is 14.2. The van der Waals surface area contributed by atoms with E-state index in [1.165, 1.54) is 12.1 Å². The highest BCUT2D eigenvalue weighted by atomic mass is 35.5. The van der Waals surface area contributed by atoms with Crippen molar-refractivity contribution < 1.29 is 38.4 Å². The molecule has 3 aromatic carbocycles. The lowest BCUT2D eigenvalue weighted by atomic mass is 9.96. The number of benzene rings is 3. The summed E-state index contributed by atoms with van der Waals surface area (Å²) in [5.74, 6) is -0.0466. The summed E-state index contributed by atoms with van der Waals surface area (Å²) in [5.41, 5.74) is 2.23. The summed E-state index contributed by atoms with van der Waals surface area (Å²) in [4.78, 5) is 42.8. The highest BCUT2D eigenvalue weighted by molar-refractivity contribution is 7.80. The standard InChI is InChI=1S/C34H38ClN3O8S/c1-6-27(20-7-9-21(10-8-20)33(40)41)36-34(42)38-19-31(47)37(18-26-29(45-4)15-25(43-2)16-30(26)46-5)17-23(32(38)39)13-22-14-24(35)11-12-28(22)44-3/h7-12,14-16,23,27H,6,13,17-19H2,1-5H3,(H,36,42)(H,40,41)/t23-,27-/m1/s1. The number of urea groups is 1. The summed E-state index contributed by atoms with van der Waals surface area (Å²) in [5, 5.41) is 12.7. The van der Waals surface area contributed by atoms with Gasteiger partial charge in [-0.3, -0.25) is 9.69 Å². The molecule has 0 spiro atoms. The molecule has 2 atom stereocenters. The first-order valence-electron chi connectivity index (χ1n) is 14.9. The summed E-state index contributed by atoms with van der Waals surface area (Å²) >= 11 is 12.2. The molecule has 0 radical (unpaired) electrons. The molecule has 2 N–H and O–H groups in total. The van der Waals surface area contributed by atoms with Gasteiger partial charge in [0.25, 0.3) is 0 Å². The van der Waals surface area contributed by atoms with Crippen LogP contribution in [0.4, 0.5) is 4.79 Å². The molecule has 0 bridgehead atoms. The quantitative estimate of drug-likeness (QED) is 0.228. The van der Waals surface area contributed by atoms with E-state index >= 15 is 0 Å². The number of thiocarbonyl (C=S) groups is 1. The highest BCUT2D eigenvalue weighted by Gasteiger charge is 2.37. The predicted octanol–water partition coefficient (Wildman–Crippen LogP) is 5.76. The molecule has 0 saturated carbocycles. The first-order chi connectivity index (χ1) is 22.5. The third-order valence-electron chi connectivity index (χ3n) is 8.09. The first kappa shape index (κ1) is 35.3. The topological polar surface area (TPSA) is 127 Å². The van der Waals surface area contributed by atoms with Crippen molar-refractivity contribution in [1.29, 1.82) is 0 Å². The number of hydrogen-bond acceptors (Lipinski definition) is 8. The maximum Gasteiger partial charge on any atom is 0.335 e. The number of aromatic carboxylic acids is 1. The van der Waals surface area contributed by atoms with Gasteiger partial charge in [-0.25, -0.2) is 9.59 Å². The van der Waals surface area contributed by atoms with Crippen LogP contribution in [0.15, 0.2) is 54.6 Å². The van der Waals surface area contributed by atoms with Gasteiger partial charge in [-0.1, -0.05) is 42.9 Å². The van der Waals surface area contributed by atoms with E-state index in [-0.39, 0.29) is 31.6 Å². The van der Waals surface area contributed by atoms with E-state index in [9.17, 15) is 19.5 Å². The largest absolute Gasteiger partial charge is 0.496 e. The number of nitrogens with one attached hydrogen (secondary N) is 1. The summed E-state index contributed by atoms with van der Waals surface area (Å²) in [7, 11) is 6.17. The van der Waals surface area contributed by atoms with Crippen LogP contribution in [-0.2, 0) is 17.8 Å². The second-order valence-electron chi connectivity index (χ2n) is 10.9. The fourth-order valence-electron chi connectivity index (χ4n) is 5.56. The summed E-state index contributed by atoms with van der Waals surface area (Å²) in [6, 6.07) is 13.8. The lowest BCUT2D eigenvalue weighted by Gasteiger charge is -2.27. The number of nitrogens with zero attached hydrogens (tertiary/aromatic N) is 2. The number of carbonyl (C=O) groups is 3. The number of amides is 3. The van der Waals surface area contributed by atoms with Crippen LogP contribution < -0.4 is 24.3 Å². The molecule has 3 aromatic rings. The minimum atomic E-state index is -1.05. The van der Waals surface area contributed by atoms with Crippen molar-refractivity contribution in [3.05, 3.63) is 81.9 Å². The van der Waals surface area contributed by atoms with E-state index < -0.39 is 29.9 Å². The molecule has 0 unspecified atom stereocenters. The number of ether oxygens (including phenoxy) is 4. The lowest BCUT2D eigenvalue weighted by Crippen LogP contribution is -2.48. The molecule has 0 aromatic heterocycles. The van der Waals surface area contributed by atoms with Crippen molar-refractivity contribution in [3.63, 3.8) is 0 Å². The van der Waals surface area contributed by atoms with Gasteiger partial charge in [-0.15, -0.1) is 0 Å². The normalized spacial score (nSPS) is 15.5. The molecule has 4 rings (SSSR count). The van der Waals surface area contributed by atoms with Crippen molar-refractivity contribution in [2.45, 2.75) is 32.4 Å². The van der Waals surface area contributed by atoms with Gasteiger partial charge in [0.2, 0.25) is 5.91 Å². The molecule has 11 nitrogen and oxygen atoms in total. The number of rotatable bonds is 12. The smallest absolute Gasteiger partial charge is 0.335 e. The summed E-state index contributed by atoms with van der Waals surface area (Å²) < 4.78 is 22.3. The lowest BCUT2D eigenvalue weighted by molar-refractivity contribution is -0.131. The molecule has 1 aliphatic rings.